The Hall–Kier alpha value is -6.69. The number of fused-ring (bicyclic) bond motifs is 2. The monoisotopic (exact) mass is 967 g/mol. The Balaban J connectivity index is 0.000000186. The van der Waals surface area contributed by atoms with Crippen molar-refractivity contribution in [3.8, 4) is 0 Å². The molecule has 5 N–H and O–H groups in total. The summed E-state index contributed by atoms with van der Waals surface area (Å²) in [5.41, 5.74) is 8.60. The fraction of sp³-hybridized carbons (Fsp3) is 0.273. The number of aliphatic imine (C=N–C) groups is 2. The molecular weight excluding hydrogens is 930 g/mol. The standard InChI is InChI=1S/C25H21F3N4O4S.C19H17F2N3O5S/c1-24(14-2-4-15(26)5-3-14)23(29)32-25(13-36-12-21(25)37(24,34)35)18-10-17(7-8-19(18)28)31-22(33)20-9-6-16(27)11-30-20;1-18(11-2-4-12(20)5-3-11)17(22)23-19(10-29-9-16(19)30(18,27)28)14-8-13(24(25)26)6-7-15(14)21/h2-11,21H,12-13H2,1H3,(H2,29,32)(H,31,33);2-8,16H,9-10H2,1H3,(H2,22,23)/t21-,24+,25-;16-,18+,19-/m11/s1. The van der Waals surface area contributed by atoms with Gasteiger partial charge in [-0.3, -0.25) is 24.9 Å². The number of nitrogens with two attached hydrogens (primary N) is 2. The predicted octanol–water partition coefficient (Wildman–Crippen LogP) is 5.21. The van der Waals surface area contributed by atoms with E-state index in [1.165, 1.54) is 56.3 Å². The molecule has 9 rings (SSSR count). The number of pyridine rings is 1. The van der Waals surface area contributed by atoms with Gasteiger partial charge in [0.25, 0.3) is 11.6 Å². The van der Waals surface area contributed by atoms with Gasteiger partial charge in [0.2, 0.25) is 0 Å². The number of nitrogens with one attached hydrogen (secondary N) is 1. The van der Waals surface area contributed by atoms with Gasteiger partial charge in [0.05, 0.1) is 37.5 Å². The number of carbonyl (C=O) groups excluding carboxylic acids is 1. The highest BCUT2D eigenvalue weighted by molar-refractivity contribution is 7.94. The van der Waals surface area contributed by atoms with E-state index < -0.39 is 96.4 Å². The lowest BCUT2D eigenvalue weighted by Gasteiger charge is -2.43. The average molecular weight is 968 g/mol. The Bertz CT molecular complexity index is 3130. The molecule has 4 aliphatic heterocycles. The first-order chi connectivity index (χ1) is 31.5. The van der Waals surface area contributed by atoms with E-state index in [-0.39, 0.29) is 71.7 Å². The lowest BCUT2D eigenvalue weighted by Crippen LogP contribution is -2.60. The molecule has 1 aromatic heterocycles. The van der Waals surface area contributed by atoms with E-state index in [0.717, 1.165) is 60.8 Å². The van der Waals surface area contributed by atoms with Crippen molar-refractivity contribution in [2.24, 2.45) is 21.5 Å². The maximum Gasteiger partial charge on any atom is 0.274 e. The van der Waals surface area contributed by atoms with Crippen molar-refractivity contribution in [3.05, 3.63) is 170 Å². The van der Waals surface area contributed by atoms with Gasteiger partial charge in [-0.2, -0.15) is 0 Å². The molecule has 4 aromatic carbocycles. The van der Waals surface area contributed by atoms with Crippen LogP contribution in [0.2, 0.25) is 0 Å². The van der Waals surface area contributed by atoms with Crippen molar-refractivity contribution < 1.29 is 58.0 Å². The van der Waals surface area contributed by atoms with E-state index in [2.05, 4.69) is 20.3 Å². The van der Waals surface area contributed by atoms with Crippen LogP contribution in [0.1, 0.15) is 46.6 Å². The number of halogens is 5. The maximum absolute atomic E-state index is 15.3. The number of carbonyl (C=O) groups is 1. The summed E-state index contributed by atoms with van der Waals surface area (Å²) < 4.78 is 133. The van der Waals surface area contributed by atoms with Crippen LogP contribution in [0.5, 0.6) is 0 Å². The summed E-state index contributed by atoms with van der Waals surface area (Å²) >= 11 is 0. The van der Waals surface area contributed by atoms with E-state index in [1.807, 2.05) is 0 Å². The van der Waals surface area contributed by atoms with E-state index in [9.17, 15) is 49.3 Å². The highest BCUT2D eigenvalue weighted by Crippen LogP contribution is 2.52. The Morgan fingerprint density at radius 2 is 1.13 bits per heavy atom. The number of hydrogen-bond acceptors (Lipinski definition) is 14. The first-order valence-corrected chi connectivity index (χ1v) is 23.2. The normalized spacial score (nSPS) is 27.9. The summed E-state index contributed by atoms with van der Waals surface area (Å²) in [6, 6.07) is 18.4. The number of benzene rings is 4. The first kappa shape index (κ1) is 46.8. The first-order valence-electron chi connectivity index (χ1n) is 20.1. The average Bonchev–Trinajstić information content (AvgIpc) is 3.93. The number of nitro benzene ring substituents is 1. The number of hydrogen-bond donors (Lipinski definition) is 3. The molecule has 0 spiro atoms. The molecule has 0 bridgehead atoms. The van der Waals surface area contributed by atoms with Crippen molar-refractivity contribution in [1.82, 2.24) is 4.98 Å². The maximum atomic E-state index is 15.3. The number of aromatic nitrogens is 1. The molecule has 16 nitrogen and oxygen atoms in total. The number of non-ortho nitro benzene ring substituents is 1. The quantitative estimate of drug-likeness (QED) is 0.108. The molecule has 2 saturated heterocycles. The smallest absolute Gasteiger partial charge is 0.274 e. The molecule has 0 aliphatic carbocycles. The van der Waals surface area contributed by atoms with Crippen LogP contribution in [0.3, 0.4) is 0 Å². The van der Waals surface area contributed by atoms with Crippen molar-refractivity contribution in [1.29, 1.82) is 0 Å². The van der Waals surface area contributed by atoms with Gasteiger partial charge in [-0.25, -0.2) is 43.8 Å². The summed E-state index contributed by atoms with van der Waals surface area (Å²) in [5, 5.41) is 11.1. The highest BCUT2D eigenvalue weighted by Gasteiger charge is 2.65. The van der Waals surface area contributed by atoms with Crippen molar-refractivity contribution in [2.75, 3.05) is 31.7 Å². The van der Waals surface area contributed by atoms with Crippen LogP contribution >= 0.6 is 0 Å². The fourth-order valence-corrected chi connectivity index (χ4v) is 13.7. The van der Waals surface area contributed by atoms with Crippen LogP contribution in [-0.2, 0) is 49.7 Å². The summed E-state index contributed by atoms with van der Waals surface area (Å²) in [4.78, 5) is 35.7. The summed E-state index contributed by atoms with van der Waals surface area (Å²) in [5.74, 6) is -4.66. The molecule has 23 heteroatoms. The largest absolute Gasteiger partial charge is 0.386 e. The van der Waals surface area contributed by atoms with Gasteiger partial charge in [-0.1, -0.05) is 24.3 Å². The van der Waals surface area contributed by atoms with Gasteiger partial charge in [-0.15, -0.1) is 0 Å². The molecule has 0 unspecified atom stereocenters. The summed E-state index contributed by atoms with van der Waals surface area (Å²) in [6.07, 6.45) is 0.882. The second kappa shape index (κ2) is 16.6. The molecule has 4 aliphatic rings. The fourth-order valence-electron chi connectivity index (χ4n) is 8.89. The molecule has 1 amide bonds. The zero-order chi connectivity index (χ0) is 48.5. The van der Waals surface area contributed by atoms with E-state index in [1.54, 1.807) is 0 Å². The molecule has 0 radical (unpaired) electrons. The molecule has 6 atom stereocenters. The summed E-state index contributed by atoms with van der Waals surface area (Å²) in [6.45, 7) is 1.57. The second-order valence-corrected chi connectivity index (χ2v) is 21.4. The van der Waals surface area contributed by atoms with Gasteiger partial charge >= 0.3 is 0 Å². The molecule has 5 aromatic rings. The number of anilines is 1. The van der Waals surface area contributed by atoms with Crippen LogP contribution < -0.4 is 16.8 Å². The molecule has 2 fully saturated rings. The molecule has 350 valence electrons. The minimum absolute atomic E-state index is 0.0786. The minimum atomic E-state index is -4.22. The van der Waals surface area contributed by atoms with Crippen LogP contribution in [0, 0.1) is 39.2 Å². The van der Waals surface area contributed by atoms with Gasteiger partial charge in [0.15, 0.2) is 29.2 Å². The van der Waals surface area contributed by atoms with Crippen LogP contribution in [0.15, 0.2) is 113 Å². The van der Waals surface area contributed by atoms with Crippen molar-refractivity contribution >= 4 is 48.6 Å². The molecule has 67 heavy (non-hydrogen) atoms. The van der Waals surface area contributed by atoms with Gasteiger partial charge < -0.3 is 26.3 Å². The predicted molar refractivity (Wildman–Crippen MR) is 233 cm³/mol. The van der Waals surface area contributed by atoms with Crippen molar-refractivity contribution in [3.63, 3.8) is 0 Å². The van der Waals surface area contributed by atoms with Gasteiger partial charge in [-0.05, 0) is 85.6 Å². The van der Waals surface area contributed by atoms with Crippen LogP contribution in [-0.4, -0.2) is 81.2 Å². The SMILES string of the molecule is C[C@]1(c2ccc(F)cc2)C(N)=N[C@@]2(c3cc(NC(=O)c4ccc(F)cn4)ccc3F)COC[C@H]2S1(=O)=O.C[C@]1(c2ccc(F)cc2)C(N)=N[C@@]2(c3cc([N+](=O)[O-])ccc3F)COC[C@H]2S1(=O)=O. The lowest BCUT2D eigenvalue weighted by atomic mass is 9.87. The lowest BCUT2D eigenvalue weighted by molar-refractivity contribution is -0.385. The highest BCUT2D eigenvalue weighted by atomic mass is 32.2. The van der Waals surface area contributed by atoms with E-state index in [4.69, 9.17) is 20.9 Å². The van der Waals surface area contributed by atoms with Gasteiger partial charge in [0.1, 0.15) is 68.0 Å². The summed E-state index contributed by atoms with van der Waals surface area (Å²) in [7, 11) is -8.44. The third-order valence-corrected chi connectivity index (χ3v) is 18.5. The van der Waals surface area contributed by atoms with Crippen LogP contribution in [0.25, 0.3) is 0 Å². The Labute approximate surface area is 378 Å². The number of amides is 1. The Kier molecular flexibility index (Phi) is 11.6. The molecule has 5 heterocycles. The van der Waals surface area contributed by atoms with E-state index in [0.29, 0.717) is 0 Å². The number of nitro groups is 1. The minimum Gasteiger partial charge on any atom is -0.386 e. The Morgan fingerprint density at radius 1 is 0.687 bits per heavy atom. The number of nitrogens with zero attached hydrogens (tertiary/aromatic N) is 4. The number of rotatable bonds is 7. The zero-order valence-electron chi connectivity index (χ0n) is 35.1. The van der Waals surface area contributed by atoms with Crippen molar-refractivity contribution in [2.45, 2.75) is 44.9 Å². The second-order valence-electron chi connectivity index (χ2n) is 16.5. The number of amidine groups is 2. The topological polar surface area (TPSA) is 249 Å². The number of ether oxygens (including phenoxy) is 2. The molecule has 0 saturated carbocycles. The van der Waals surface area contributed by atoms with Crippen LogP contribution in [0.4, 0.5) is 33.3 Å². The zero-order valence-corrected chi connectivity index (χ0v) is 36.8. The Morgan fingerprint density at radius 3 is 1.58 bits per heavy atom. The van der Waals surface area contributed by atoms with E-state index >= 15 is 4.39 Å². The molecular formula is C44H38F5N7O9S2. The van der Waals surface area contributed by atoms with Gasteiger partial charge in [0, 0.05) is 28.9 Å². The third kappa shape index (κ3) is 7.30. The third-order valence-electron chi connectivity index (χ3n) is 12.8. The number of sulfone groups is 2.